The summed E-state index contributed by atoms with van der Waals surface area (Å²) in [6, 6.07) is -0.384. The number of hydrogen-bond donors (Lipinski definition) is 2. The standard InChI is InChI=1S/C21H25Cl2F5N2O3/c1-9-10-3-2-4-12(19(33)21(26,27)28)11(10)5-6-30(9)15(31)7-13-14(22)8-29-17(16(13)23)18(32)20(24)25/h8-12,18-20,32-33H,2-7H2,1H3/t9-,10+,11+,12+,18-,19-/m0/s1. The lowest BCUT2D eigenvalue weighted by Crippen LogP contribution is -2.55. The van der Waals surface area contributed by atoms with E-state index >= 15 is 0 Å². The molecule has 2 heterocycles. The van der Waals surface area contributed by atoms with Crippen LogP contribution < -0.4 is 0 Å². The zero-order valence-electron chi connectivity index (χ0n) is 17.7. The number of piperidine rings is 1. The molecule has 5 nitrogen and oxygen atoms in total. The van der Waals surface area contributed by atoms with Crippen LogP contribution in [0.1, 0.15) is 50.0 Å². The fraction of sp³-hybridized carbons (Fsp3) is 0.714. The van der Waals surface area contributed by atoms with Gasteiger partial charge in [0, 0.05) is 24.3 Å². The lowest BCUT2D eigenvalue weighted by atomic mass is 9.64. The molecule has 0 aromatic carbocycles. The van der Waals surface area contributed by atoms with Crippen LogP contribution in [0.3, 0.4) is 0 Å². The molecule has 2 fully saturated rings. The van der Waals surface area contributed by atoms with Gasteiger partial charge in [-0.2, -0.15) is 13.2 Å². The van der Waals surface area contributed by atoms with Crippen molar-refractivity contribution in [3.63, 3.8) is 0 Å². The summed E-state index contributed by atoms with van der Waals surface area (Å²) in [5, 5.41) is 19.2. The number of carbonyl (C=O) groups is 1. The number of amides is 1. The third-order valence-electron chi connectivity index (χ3n) is 6.99. The van der Waals surface area contributed by atoms with Gasteiger partial charge in [-0.05, 0) is 43.9 Å². The van der Waals surface area contributed by atoms with E-state index in [4.69, 9.17) is 23.2 Å². The lowest BCUT2D eigenvalue weighted by molar-refractivity contribution is -0.233. The number of pyridine rings is 1. The van der Waals surface area contributed by atoms with Gasteiger partial charge in [0.15, 0.2) is 12.2 Å². The highest BCUT2D eigenvalue weighted by Crippen LogP contribution is 2.47. The van der Waals surface area contributed by atoms with E-state index in [2.05, 4.69) is 4.98 Å². The number of halogens is 7. The molecule has 2 aliphatic rings. The molecule has 1 aromatic heterocycles. The van der Waals surface area contributed by atoms with Gasteiger partial charge < -0.3 is 15.1 Å². The molecule has 3 rings (SSSR count). The van der Waals surface area contributed by atoms with E-state index in [-0.39, 0.29) is 52.9 Å². The molecule has 1 aliphatic carbocycles. The summed E-state index contributed by atoms with van der Waals surface area (Å²) in [6.07, 6.45) is -10.0. The van der Waals surface area contributed by atoms with Gasteiger partial charge in [0.1, 0.15) is 0 Å². The summed E-state index contributed by atoms with van der Waals surface area (Å²) in [7, 11) is 0. The molecule has 186 valence electrons. The maximum Gasteiger partial charge on any atom is 0.414 e. The van der Waals surface area contributed by atoms with Gasteiger partial charge >= 0.3 is 6.18 Å². The molecule has 0 spiro atoms. The van der Waals surface area contributed by atoms with E-state index in [1.165, 1.54) is 0 Å². The fourth-order valence-corrected chi connectivity index (χ4v) is 5.92. The van der Waals surface area contributed by atoms with E-state index in [1.807, 2.05) is 0 Å². The second-order valence-corrected chi connectivity index (χ2v) is 9.55. The molecule has 2 N–H and O–H groups in total. The molecule has 0 bridgehead atoms. The number of nitrogens with zero attached hydrogens (tertiary/aromatic N) is 2. The number of likely N-dealkylation sites (tertiary alicyclic amines) is 1. The SMILES string of the molecule is C[C@H]1[C@H]2CCC[C@@H]([C@H](O)C(F)(F)F)[C@@H]2CCN1C(=O)Cc1c(Cl)cnc([C@H](O)C(F)F)c1Cl. The van der Waals surface area contributed by atoms with Crippen LogP contribution in [-0.4, -0.2) is 57.3 Å². The van der Waals surface area contributed by atoms with Crippen molar-refractivity contribution in [3.05, 3.63) is 27.5 Å². The zero-order chi connectivity index (χ0) is 24.7. The van der Waals surface area contributed by atoms with Crippen molar-refractivity contribution in [2.75, 3.05) is 6.54 Å². The fourth-order valence-electron chi connectivity index (χ4n) is 5.33. The molecule has 12 heteroatoms. The van der Waals surface area contributed by atoms with Gasteiger partial charge in [-0.1, -0.05) is 29.6 Å². The average Bonchev–Trinajstić information content (AvgIpc) is 2.74. The Labute approximate surface area is 197 Å². The van der Waals surface area contributed by atoms with Crippen molar-refractivity contribution in [2.24, 2.45) is 17.8 Å². The number of alkyl halides is 5. The Kier molecular flexibility index (Phi) is 8.13. The van der Waals surface area contributed by atoms with Gasteiger partial charge in [0.25, 0.3) is 6.43 Å². The molecule has 33 heavy (non-hydrogen) atoms. The van der Waals surface area contributed by atoms with Crippen LogP contribution in [0.4, 0.5) is 22.0 Å². The van der Waals surface area contributed by atoms with Crippen LogP contribution in [0.15, 0.2) is 6.20 Å². The first kappa shape index (κ1) is 26.4. The molecule has 0 unspecified atom stereocenters. The van der Waals surface area contributed by atoms with Crippen molar-refractivity contribution in [2.45, 2.75) is 69.9 Å². The minimum absolute atomic E-state index is 0.0212. The largest absolute Gasteiger partial charge is 0.414 e. The first-order valence-corrected chi connectivity index (χ1v) is 11.4. The Hall–Kier alpha value is -1.23. The van der Waals surface area contributed by atoms with Crippen molar-refractivity contribution >= 4 is 29.1 Å². The number of carbonyl (C=O) groups excluding carboxylic acids is 1. The second kappa shape index (κ2) is 10.2. The van der Waals surface area contributed by atoms with Crippen LogP contribution in [0.25, 0.3) is 0 Å². The molecule has 1 aliphatic heterocycles. The Morgan fingerprint density at radius 2 is 1.88 bits per heavy atom. The minimum atomic E-state index is -4.70. The maximum atomic E-state index is 13.1. The van der Waals surface area contributed by atoms with Gasteiger partial charge in [-0.15, -0.1) is 0 Å². The molecule has 6 atom stereocenters. The van der Waals surface area contributed by atoms with E-state index in [1.54, 1.807) is 11.8 Å². The van der Waals surface area contributed by atoms with Gasteiger partial charge in [-0.3, -0.25) is 9.78 Å². The number of rotatable bonds is 5. The summed E-state index contributed by atoms with van der Waals surface area (Å²) < 4.78 is 65.2. The monoisotopic (exact) mass is 518 g/mol. The minimum Gasteiger partial charge on any atom is -0.383 e. The highest BCUT2D eigenvalue weighted by atomic mass is 35.5. The Bertz CT molecular complexity index is 873. The van der Waals surface area contributed by atoms with E-state index in [0.717, 1.165) is 6.20 Å². The third-order valence-corrected chi connectivity index (χ3v) is 7.74. The summed E-state index contributed by atoms with van der Waals surface area (Å²) in [6.45, 7) is 1.95. The van der Waals surface area contributed by atoms with Crippen molar-refractivity contribution < 1.29 is 37.0 Å². The van der Waals surface area contributed by atoms with Crippen molar-refractivity contribution in [1.29, 1.82) is 0 Å². The van der Waals surface area contributed by atoms with E-state index < -0.39 is 42.3 Å². The Morgan fingerprint density at radius 3 is 2.48 bits per heavy atom. The Morgan fingerprint density at radius 1 is 1.21 bits per heavy atom. The second-order valence-electron chi connectivity index (χ2n) is 8.77. The van der Waals surface area contributed by atoms with Crippen LogP contribution >= 0.6 is 23.2 Å². The average molecular weight is 519 g/mol. The van der Waals surface area contributed by atoms with Gasteiger partial charge in [-0.25, -0.2) is 8.78 Å². The molecule has 0 radical (unpaired) electrons. The molecule has 1 amide bonds. The number of aliphatic hydroxyl groups excluding tert-OH is 2. The quantitative estimate of drug-likeness (QED) is 0.548. The van der Waals surface area contributed by atoms with Crippen molar-refractivity contribution in [3.8, 4) is 0 Å². The molecular formula is C21H25Cl2F5N2O3. The summed E-state index contributed by atoms with van der Waals surface area (Å²) in [4.78, 5) is 18.3. The maximum absolute atomic E-state index is 13.1. The number of fused-ring (bicyclic) bond motifs is 1. The third kappa shape index (κ3) is 5.39. The molecular weight excluding hydrogens is 494 g/mol. The molecule has 1 saturated heterocycles. The predicted molar refractivity (Wildman–Crippen MR) is 111 cm³/mol. The highest BCUT2D eigenvalue weighted by molar-refractivity contribution is 6.36. The van der Waals surface area contributed by atoms with E-state index in [9.17, 15) is 37.0 Å². The number of aliphatic hydroxyl groups is 2. The van der Waals surface area contributed by atoms with Gasteiger partial charge in [0.2, 0.25) is 5.91 Å². The topological polar surface area (TPSA) is 73.7 Å². The first-order valence-electron chi connectivity index (χ1n) is 10.7. The summed E-state index contributed by atoms with van der Waals surface area (Å²) >= 11 is 12.2. The summed E-state index contributed by atoms with van der Waals surface area (Å²) in [5.74, 6) is -1.90. The Balaban J connectivity index is 1.78. The van der Waals surface area contributed by atoms with Crippen LogP contribution in [0, 0.1) is 17.8 Å². The zero-order valence-corrected chi connectivity index (χ0v) is 19.2. The normalized spacial score (nSPS) is 27.9. The lowest BCUT2D eigenvalue weighted by Gasteiger charge is -2.50. The summed E-state index contributed by atoms with van der Waals surface area (Å²) in [5.41, 5.74) is -0.432. The highest BCUT2D eigenvalue weighted by Gasteiger charge is 2.51. The predicted octanol–water partition coefficient (Wildman–Crippen LogP) is 4.81. The van der Waals surface area contributed by atoms with Crippen LogP contribution in [-0.2, 0) is 11.2 Å². The van der Waals surface area contributed by atoms with Crippen molar-refractivity contribution in [1.82, 2.24) is 9.88 Å². The van der Waals surface area contributed by atoms with Crippen LogP contribution in [0.2, 0.25) is 10.0 Å². The first-order chi connectivity index (χ1) is 15.3. The number of aromatic nitrogens is 1. The van der Waals surface area contributed by atoms with Gasteiger partial charge in [0.05, 0.1) is 22.2 Å². The smallest absolute Gasteiger partial charge is 0.383 e. The van der Waals surface area contributed by atoms with Crippen LogP contribution in [0.5, 0.6) is 0 Å². The molecule has 1 saturated carbocycles. The number of hydrogen-bond acceptors (Lipinski definition) is 4. The molecule has 1 aromatic rings. The van der Waals surface area contributed by atoms with E-state index in [0.29, 0.717) is 19.3 Å².